The van der Waals surface area contributed by atoms with Crippen molar-refractivity contribution in [2.45, 2.75) is 13.5 Å². The van der Waals surface area contributed by atoms with Crippen LogP contribution in [0.2, 0.25) is 0 Å². The minimum atomic E-state index is -0.446. The zero-order valence-electron chi connectivity index (χ0n) is 55.2. The zero-order valence-corrected chi connectivity index (χ0v) is 60.3. The third-order valence-corrected chi connectivity index (χ3v) is 25.6. The molecule has 0 amide bonds. The number of benzene rings is 14. The van der Waals surface area contributed by atoms with Crippen LogP contribution in [0.15, 0.2) is 424 Å². The average molecular weight is 1450 g/mol. The number of hydrogen-bond acceptors (Lipinski definition) is 2. The van der Waals surface area contributed by atoms with Gasteiger partial charge in [-0.05, 0) is 126 Å². The van der Waals surface area contributed by atoms with E-state index in [9.17, 15) is 4.79 Å². The van der Waals surface area contributed by atoms with Crippen LogP contribution in [0.3, 0.4) is 0 Å². The normalized spacial score (nSPS) is 10.5. The number of fused-ring (bicyclic) bond motifs is 1. The first-order valence-electron chi connectivity index (χ1n) is 32.8. The molecule has 0 aliphatic carbocycles. The second-order valence-electron chi connectivity index (χ2n) is 22.6. The fourth-order valence-electron chi connectivity index (χ4n) is 11.1. The molecule has 0 fully saturated rings. The van der Waals surface area contributed by atoms with Crippen LogP contribution in [0.1, 0.15) is 16.7 Å². The molecule has 0 atom stereocenters. The molecule has 8 heteroatoms. The summed E-state index contributed by atoms with van der Waals surface area (Å²) in [6, 6.07) is 145. The number of pyridine rings is 1. The molecule has 0 aliphatic rings. The van der Waals surface area contributed by atoms with Gasteiger partial charge in [0.15, 0.2) is 0 Å². The van der Waals surface area contributed by atoms with Gasteiger partial charge in [0.1, 0.15) is 12.4 Å². The summed E-state index contributed by atoms with van der Waals surface area (Å²) in [7, 11) is -1.78. The van der Waals surface area contributed by atoms with Gasteiger partial charge in [-0.2, -0.15) is 0 Å². The molecule has 3 nitrogen and oxygen atoms in total. The predicted molar refractivity (Wildman–Crippen MR) is 431 cm³/mol. The van der Waals surface area contributed by atoms with Crippen molar-refractivity contribution in [1.29, 1.82) is 0 Å². The molecular weight excluding hydrogens is 1370 g/mol. The number of hydrogen-bond donors (Lipinski definition) is 1. The molecule has 14 aromatic carbocycles. The molecule has 0 radical (unpaired) electrons. The van der Waals surface area contributed by atoms with E-state index in [1.54, 1.807) is 13.0 Å². The Kier molecular flexibility index (Phi) is 28.3. The van der Waals surface area contributed by atoms with Gasteiger partial charge < -0.3 is 9.72 Å². The van der Waals surface area contributed by atoms with E-state index in [2.05, 4.69) is 376 Å². The van der Waals surface area contributed by atoms with Crippen molar-refractivity contribution in [2.24, 2.45) is 0 Å². The van der Waals surface area contributed by atoms with Gasteiger partial charge in [-0.25, -0.2) is 0 Å². The summed E-state index contributed by atoms with van der Waals surface area (Å²) in [4.78, 5) is 14.8. The Labute approximate surface area is 603 Å². The summed E-state index contributed by atoms with van der Waals surface area (Å²) in [6.45, 7) is 6.08. The molecule has 15 rings (SSSR count). The monoisotopic (exact) mass is 1450 g/mol. The Morgan fingerprint density at radius 2 is 0.505 bits per heavy atom. The van der Waals surface area contributed by atoms with Crippen LogP contribution in [0, 0.1) is 6.92 Å². The Morgan fingerprint density at radius 3 is 0.707 bits per heavy atom. The van der Waals surface area contributed by atoms with Gasteiger partial charge in [0, 0.05) is 10.9 Å². The van der Waals surface area contributed by atoms with E-state index < -0.39 is 31.7 Å². The molecule has 1 N–H and O–H groups in total. The fourth-order valence-corrected chi connectivity index (χ4v) is 20.4. The van der Waals surface area contributed by atoms with Crippen molar-refractivity contribution in [3.63, 3.8) is 0 Å². The molecule has 0 saturated carbocycles. The number of nitrogens with one attached hydrogen (secondary N) is 1. The molecule has 99 heavy (non-hydrogen) atoms. The van der Waals surface area contributed by atoms with Gasteiger partial charge in [-0.3, -0.25) is 4.79 Å². The Balaban J connectivity index is 0.000000134. The van der Waals surface area contributed by atoms with Crippen LogP contribution in [0.5, 0.6) is 5.75 Å². The van der Waals surface area contributed by atoms with Crippen LogP contribution in [0.4, 0.5) is 0 Å². The Morgan fingerprint density at radius 1 is 0.303 bits per heavy atom. The summed E-state index contributed by atoms with van der Waals surface area (Å²) in [5.74, 6) is 0.668. The second-order valence-corrected chi connectivity index (χ2v) is 31.4. The first-order chi connectivity index (χ1) is 48.5. The maximum atomic E-state index is 11.9. The molecule has 486 valence electrons. The molecule has 0 spiro atoms. The first kappa shape index (κ1) is 72.0. The molecular formula is C91H77NO2P4Pd+2. The summed E-state index contributed by atoms with van der Waals surface area (Å²) < 4.78 is 5.90. The maximum absolute atomic E-state index is 11.9. The van der Waals surface area contributed by atoms with Crippen molar-refractivity contribution >= 4 is 112 Å². The number of aromatic amines is 1. The van der Waals surface area contributed by atoms with E-state index in [1.165, 1.54) is 63.7 Å². The van der Waals surface area contributed by atoms with Crippen molar-refractivity contribution in [3.8, 4) is 5.75 Å². The first-order valence-corrected chi connectivity index (χ1v) is 38.1. The van der Waals surface area contributed by atoms with E-state index >= 15 is 0 Å². The van der Waals surface area contributed by atoms with E-state index in [1.807, 2.05) is 48.5 Å². The molecule has 0 aliphatic heterocycles. The predicted octanol–water partition coefficient (Wildman–Crippen LogP) is 17.8. The second kappa shape index (κ2) is 39.0. The number of ether oxygens (including phenoxy) is 1. The number of aromatic nitrogens is 1. The molecule has 1 heterocycles. The Bertz CT molecular complexity index is 3960. The number of rotatable bonds is 16. The molecule has 0 bridgehead atoms. The summed E-state index contributed by atoms with van der Waals surface area (Å²) in [5.41, 5.74) is 3.34. The summed E-state index contributed by atoms with van der Waals surface area (Å²) in [6.07, 6.45) is 1.78. The van der Waals surface area contributed by atoms with E-state index in [0.29, 0.717) is 23.4 Å². The molecule has 15 aromatic rings. The minimum absolute atomic E-state index is 0. The largest absolute Gasteiger partial charge is 2.00 e. The average Bonchev–Trinajstić information content (AvgIpc) is 0.815. The third-order valence-electron chi connectivity index (χ3n) is 15.8. The number of H-pyrrole nitrogens is 1. The van der Waals surface area contributed by atoms with Crippen molar-refractivity contribution in [1.82, 2.24) is 4.98 Å². The zero-order chi connectivity index (χ0) is 67.2. The van der Waals surface area contributed by atoms with Crippen LogP contribution in [-0.4, -0.2) is 4.98 Å². The Hall–Kier alpha value is -9.79. The molecule has 0 unspecified atom stereocenters. The SMILES string of the molecule is C=Cc1ccc(OCc2ccccc2)c2[nH]c(=O)c(C)cc12.[Pd+2].c1ccc(P(c2ccccc2)c2ccccc2)cc1.c1ccc(P(c2ccccc2)c2ccccc2)cc1.c1ccc(P(c2ccccc2)c2ccccc2)cc1.c1ccc(P(c2ccccc2)c2ccccc2)cc1. The van der Waals surface area contributed by atoms with Crippen LogP contribution in [-0.2, 0) is 27.0 Å². The van der Waals surface area contributed by atoms with Gasteiger partial charge in [0.05, 0.1) is 5.52 Å². The van der Waals surface area contributed by atoms with Crippen molar-refractivity contribution in [2.75, 3.05) is 0 Å². The van der Waals surface area contributed by atoms with Gasteiger partial charge in [0.2, 0.25) is 0 Å². The van der Waals surface area contributed by atoms with E-state index in [0.717, 1.165) is 16.5 Å². The smallest absolute Gasteiger partial charge is 0.487 e. The number of aryl methyl sites for hydroxylation is 1. The van der Waals surface area contributed by atoms with Gasteiger partial charge >= 0.3 is 20.4 Å². The van der Waals surface area contributed by atoms with Gasteiger partial charge in [-0.15, -0.1) is 0 Å². The van der Waals surface area contributed by atoms with E-state index in [-0.39, 0.29) is 26.0 Å². The fraction of sp³-hybridized carbons (Fsp3) is 0.0220. The molecule has 1 aromatic heterocycles. The summed E-state index contributed by atoms with van der Waals surface area (Å²) >= 11 is 0. The standard InChI is InChI=1S/C19H17NO2.4C18H15P.Pd/c1-3-15-9-10-17(22-12-14-7-5-4-6-8-14)18-16(15)11-13(2)19(21)20-18;4*1-4-10-16(11-5-1)19(17-12-6-2-7-13-17)18-14-8-3-9-15-18;/h3-11H,1,12H2,2H3,(H,20,21);4*1-15H;/q;;;;;+2. The van der Waals surface area contributed by atoms with Crippen molar-refractivity contribution < 1.29 is 25.2 Å². The van der Waals surface area contributed by atoms with Crippen LogP contribution < -0.4 is 74.0 Å². The maximum Gasteiger partial charge on any atom is 2.00 e. The minimum Gasteiger partial charge on any atom is -0.487 e. The van der Waals surface area contributed by atoms with Crippen LogP contribution >= 0.6 is 31.7 Å². The van der Waals surface area contributed by atoms with Crippen molar-refractivity contribution in [3.05, 3.63) is 446 Å². The molecule has 0 saturated heterocycles. The van der Waals surface area contributed by atoms with Gasteiger partial charge in [-0.1, -0.05) is 413 Å². The van der Waals surface area contributed by atoms with Gasteiger partial charge in [0.25, 0.3) is 5.56 Å². The summed E-state index contributed by atoms with van der Waals surface area (Å²) in [5, 5.41) is 17.7. The van der Waals surface area contributed by atoms with Crippen LogP contribution in [0.25, 0.3) is 17.0 Å². The quantitative estimate of drug-likeness (QED) is 0.0774. The van der Waals surface area contributed by atoms with E-state index in [4.69, 9.17) is 4.74 Å². The topological polar surface area (TPSA) is 42.1 Å². The third kappa shape index (κ3) is 20.6.